The summed E-state index contributed by atoms with van der Waals surface area (Å²) in [6.07, 6.45) is 0.545. The second-order valence-corrected chi connectivity index (χ2v) is 6.34. The van der Waals surface area contributed by atoms with Gasteiger partial charge in [-0.1, -0.05) is 32.9 Å². The number of benzene rings is 1. The second kappa shape index (κ2) is 6.94. The van der Waals surface area contributed by atoms with E-state index in [4.69, 9.17) is 0 Å². The zero-order valence-electron chi connectivity index (χ0n) is 13.6. The van der Waals surface area contributed by atoms with E-state index in [9.17, 15) is 4.79 Å². The molecule has 1 amide bonds. The van der Waals surface area contributed by atoms with Crippen molar-refractivity contribution in [3.8, 4) is 0 Å². The van der Waals surface area contributed by atoms with E-state index in [1.807, 2.05) is 17.0 Å². The van der Waals surface area contributed by atoms with Crippen molar-refractivity contribution >= 4 is 17.3 Å². The number of anilines is 2. The van der Waals surface area contributed by atoms with Gasteiger partial charge in [-0.05, 0) is 18.1 Å². The van der Waals surface area contributed by atoms with Crippen molar-refractivity contribution < 1.29 is 4.79 Å². The Morgan fingerprint density at radius 2 is 1.95 bits per heavy atom. The lowest BCUT2D eigenvalue weighted by molar-refractivity contribution is -0.118. The number of carbonyl (C=O) groups excluding carboxylic acids is 1. The number of fused-ring (bicyclic) bond motifs is 1. The molecule has 0 radical (unpaired) electrons. The highest BCUT2D eigenvalue weighted by Gasteiger charge is 2.25. The van der Waals surface area contributed by atoms with E-state index < -0.39 is 0 Å². The molecule has 0 saturated heterocycles. The third kappa shape index (κ3) is 3.97. The Balaban J connectivity index is 2.16. The highest BCUT2D eigenvalue weighted by atomic mass is 16.2. The third-order valence-electron chi connectivity index (χ3n) is 3.86. The molecule has 0 spiro atoms. The molecule has 4 heteroatoms. The van der Waals surface area contributed by atoms with Gasteiger partial charge in [-0.15, -0.1) is 0 Å². The summed E-state index contributed by atoms with van der Waals surface area (Å²) >= 11 is 0. The molecule has 1 atom stereocenters. The maximum absolute atomic E-state index is 12.6. The predicted molar refractivity (Wildman–Crippen MR) is 89.0 cm³/mol. The maximum atomic E-state index is 12.6. The molecule has 1 aliphatic rings. The Bertz CT molecular complexity index is 487. The Morgan fingerprint density at radius 3 is 2.62 bits per heavy atom. The van der Waals surface area contributed by atoms with Crippen LogP contribution in [-0.4, -0.2) is 38.6 Å². The Hall–Kier alpha value is -1.55. The van der Waals surface area contributed by atoms with Gasteiger partial charge in [0.2, 0.25) is 5.91 Å². The molecular formula is C17H27N3O. The normalized spacial score (nSPS) is 18.6. The molecule has 1 aromatic carbocycles. The summed E-state index contributed by atoms with van der Waals surface area (Å²) in [6, 6.07) is 8.61. The number of amides is 1. The molecule has 1 heterocycles. The van der Waals surface area contributed by atoms with E-state index in [1.54, 1.807) is 0 Å². The van der Waals surface area contributed by atoms with Gasteiger partial charge in [-0.2, -0.15) is 0 Å². The van der Waals surface area contributed by atoms with Gasteiger partial charge < -0.3 is 15.1 Å². The minimum atomic E-state index is 0.206. The van der Waals surface area contributed by atoms with E-state index in [1.165, 1.54) is 0 Å². The van der Waals surface area contributed by atoms with Crippen LogP contribution < -0.4 is 15.1 Å². The summed E-state index contributed by atoms with van der Waals surface area (Å²) < 4.78 is 0. The monoisotopic (exact) mass is 289 g/mol. The van der Waals surface area contributed by atoms with Crippen molar-refractivity contribution in [1.82, 2.24) is 5.32 Å². The Labute approximate surface area is 128 Å². The molecule has 21 heavy (non-hydrogen) atoms. The summed E-state index contributed by atoms with van der Waals surface area (Å²) in [5, 5.41) is 3.32. The molecule has 0 saturated carbocycles. The predicted octanol–water partition coefficient (Wildman–Crippen LogP) is 2.49. The van der Waals surface area contributed by atoms with Gasteiger partial charge >= 0.3 is 0 Å². The average Bonchev–Trinajstić information content (AvgIpc) is 2.56. The highest BCUT2D eigenvalue weighted by Crippen LogP contribution is 2.32. The molecule has 1 aliphatic heterocycles. The van der Waals surface area contributed by atoms with Crippen molar-refractivity contribution in [3.63, 3.8) is 0 Å². The lowest BCUT2D eigenvalue weighted by Crippen LogP contribution is -2.37. The smallest absolute Gasteiger partial charge is 0.228 e. The van der Waals surface area contributed by atoms with E-state index in [0.717, 1.165) is 31.0 Å². The number of hydrogen-bond donors (Lipinski definition) is 1. The van der Waals surface area contributed by atoms with Crippen molar-refractivity contribution in [2.75, 3.05) is 36.5 Å². The zero-order valence-corrected chi connectivity index (χ0v) is 13.6. The van der Waals surface area contributed by atoms with E-state index in [0.29, 0.717) is 18.4 Å². The van der Waals surface area contributed by atoms with Crippen LogP contribution in [0.25, 0.3) is 0 Å². The van der Waals surface area contributed by atoms with Gasteiger partial charge in [-0.25, -0.2) is 0 Å². The summed E-state index contributed by atoms with van der Waals surface area (Å²) in [4.78, 5) is 16.8. The first kappa shape index (κ1) is 15.8. The molecular weight excluding hydrogens is 262 g/mol. The van der Waals surface area contributed by atoms with Gasteiger partial charge in [0.05, 0.1) is 11.4 Å². The molecule has 0 aromatic heterocycles. The Kier molecular flexibility index (Phi) is 5.23. The molecule has 0 bridgehead atoms. The molecule has 116 valence electrons. The van der Waals surface area contributed by atoms with Crippen LogP contribution in [-0.2, 0) is 4.79 Å². The quantitative estimate of drug-likeness (QED) is 0.925. The number of rotatable bonds is 4. The number of carbonyl (C=O) groups is 1. The fourth-order valence-corrected chi connectivity index (χ4v) is 2.89. The standard InChI is InChI=1S/C17H27N3O/c1-13(2)18-10-9-17(21)20-12-14(3)11-19(4)15-7-5-6-8-16(15)20/h5-8,13-14,18H,9-12H2,1-4H3/t14-/m1/s1. The fraction of sp³-hybridized carbons (Fsp3) is 0.588. The van der Waals surface area contributed by atoms with Crippen molar-refractivity contribution in [3.05, 3.63) is 24.3 Å². The molecule has 4 nitrogen and oxygen atoms in total. The topological polar surface area (TPSA) is 35.6 Å². The van der Waals surface area contributed by atoms with Gasteiger partial charge in [0.1, 0.15) is 0 Å². The summed E-state index contributed by atoms with van der Waals surface area (Å²) in [5.41, 5.74) is 2.19. The van der Waals surface area contributed by atoms with Gasteiger partial charge in [0.15, 0.2) is 0 Å². The molecule has 0 aliphatic carbocycles. The molecule has 2 rings (SSSR count). The number of hydrogen-bond acceptors (Lipinski definition) is 3. The molecule has 0 unspecified atom stereocenters. The van der Waals surface area contributed by atoms with Gasteiger partial charge in [0, 0.05) is 39.1 Å². The van der Waals surface area contributed by atoms with Crippen LogP contribution in [0.15, 0.2) is 24.3 Å². The van der Waals surface area contributed by atoms with Crippen molar-refractivity contribution in [2.45, 2.75) is 33.2 Å². The lowest BCUT2D eigenvalue weighted by atomic mass is 10.1. The molecule has 1 aromatic rings. The van der Waals surface area contributed by atoms with Crippen LogP contribution in [0.2, 0.25) is 0 Å². The number of para-hydroxylation sites is 2. The average molecular weight is 289 g/mol. The highest BCUT2D eigenvalue weighted by molar-refractivity contribution is 5.97. The number of nitrogens with zero attached hydrogens (tertiary/aromatic N) is 2. The molecule has 1 N–H and O–H groups in total. The van der Waals surface area contributed by atoms with Crippen LogP contribution in [0.4, 0.5) is 11.4 Å². The van der Waals surface area contributed by atoms with Crippen LogP contribution in [0.1, 0.15) is 27.2 Å². The maximum Gasteiger partial charge on any atom is 0.228 e. The minimum absolute atomic E-state index is 0.206. The van der Waals surface area contributed by atoms with Crippen LogP contribution in [0, 0.1) is 5.92 Å². The third-order valence-corrected chi connectivity index (χ3v) is 3.86. The van der Waals surface area contributed by atoms with Crippen LogP contribution in [0.3, 0.4) is 0 Å². The Morgan fingerprint density at radius 1 is 1.29 bits per heavy atom. The summed E-state index contributed by atoms with van der Waals surface area (Å²) in [7, 11) is 2.10. The summed E-state index contributed by atoms with van der Waals surface area (Å²) in [5.74, 6) is 0.669. The molecule has 0 fully saturated rings. The van der Waals surface area contributed by atoms with Gasteiger partial charge in [0.25, 0.3) is 0 Å². The summed E-state index contributed by atoms with van der Waals surface area (Å²) in [6.45, 7) is 8.91. The fourth-order valence-electron chi connectivity index (χ4n) is 2.89. The zero-order chi connectivity index (χ0) is 15.4. The van der Waals surface area contributed by atoms with Crippen LogP contribution in [0.5, 0.6) is 0 Å². The first-order valence-electron chi connectivity index (χ1n) is 7.83. The van der Waals surface area contributed by atoms with E-state index in [2.05, 4.69) is 50.2 Å². The first-order chi connectivity index (χ1) is 9.99. The number of nitrogens with one attached hydrogen (secondary N) is 1. The van der Waals surface area contributed by atoms with E-state index >= 15 is 0 Å². The minimum Gasteiger partial charge on any atom is -0.373 e. The SMILES string of the molecule is CC(C)NCCC(=O)N1C[C@H](C)CN(C)c2ccccc21. The van der Waals surface area contributed by atoms with Gasteiger partial charge in [-0.3, -0.25) is 4.79 Å². The lowest BCUT2D eigenvalue weighted by Gasteiger charge is -2.25. The first-order valence-corrected chi connectivity index (χ1v) is 7.83. The second-order valence-electron chi connectivity index (χ2n) is 6.34. The van der Waals surface area contributed by atoms with Crippen LogP contribution >= 0.6 is 0 Å². The van der Waals surface area contributed by atoms with Crippen molar-refractivity contribution in [1.29, 1.82) is 0 Å². The van der Waals surface area contributed by atoms with Crippen molar-refractivity contribution in [2.24, 2.45) is 5.92 Å². The largest absolute Gasteiger partial charge is 0.373 e. The van der Waals surface area contributed by atoms with E-state index in [-0.39, 0.29) is 5.91 Å².